The normalized spacial score (nSPS) is 18.6. The number of allylic oxidation sites excluding steroid dienone is 2. The summed E-state index contributed by atoms with van der Waals surface area (Å²) in [5.74, 6) is 11.7. The molecule has 1 aliphatic rings. The third-order valence-electron chi connectivity index (χ3n) is 3.26. The van der Waals surface area contributed by atoms with Crippen LogP contribution in [0.4, 0.5) is 5.69 Å². The Morgan fingerprint density at radius 2 is 2.00 bits per heavy atom. The van der Waals surface area contributed by atoms with E-state index >= 15 is 0 Å². The lowest BCUT2D eigenvalue weighted by Gasteiger charge is -2.31. The number of anilines is 1. The van der Waals surface area contributed by atoms with E-state index in [0.717, 1.165) is 0 Å². The highest BCUT2D eigenvalue weighted by Gasteiger charge is 2.23. The van der Waals surface area contributed by atoms with E-state index in [2.05, 4.69) is 17.2 Å². The van der Waals surface area contributed by atoms with E-state index in [1.165, 1.54) is 18.9 Å². The summed E-state index contributed by atoms with van der Waals surface area (Å²) < 4.78 is 5.10. The molecule has 24 heavy (non-hydrogen) atoms. The van der Waals surface area contributed by atoms with E-state index in [0.29, 0.717) is 17.0 Å². The maximum Gasteiger partial charge on any atom is 0.308 e. The zero-order chi connectivity index (χ0) is 17.7. The maximum absolute atomic E-state index is 11.3. The molecule has 1 heterocycles. The van der Waals surface area contributed by atoms with Crippen LogP contribution in [0.1, 0.15) is 26.3 Å². The number of hydrazine groups is 1. The van der Waals surface area contributed by atoms with Crippen LogP contribution in [0.5, 0.6) is 5.75 Å². The van der Waals surface area contributed by atoms with Gasteiger partial charge in [0.2, 0.25) is 5.91 Å². The van der Waals surface area contributed by atoms with Crippen LogP contribution in [0, 0.1) is 11.8 Å². The second kappa shape index (κ2) is 7.02. The fraction of sp³-hybridized carbons (Fsp3) is 0.222. The molecule has 0 saturated carbocycles. The highest BCUT2D eigenvalue weighted by Crippen LogP contribution is 2.22. The van der Waals surface area contributed by atoms with Gasteiger partial charge < -0.3 is 10.1 Å². The van der Waals surface area contributed by atoms with Gasteiger partial charge in [0.25, 0.3) is 0 Å². The minimum Gasteiger partial charge on any atom is -0.427 e. The van der Waals surface area contributed by atoms with E-state index in [1.54, 1.807) is 24.4 Å². The van der Waals surface area contributed by atoms with Crippen LogP contribution in [-0.4, -0.2) is 22.4 Å². The van der Waals surface area contributed by atoms with Gasteiger partial charge in [-0.1, -0.05) is 17.9 Å². The molecule has 124 valence electrons. The Morgan fingerprint density at radius 1 is 1.25 bits per heavy atom. The van der Waals surface area contributed by atoms with Crippen molar-refractivity contribution >= 4 is 17.6 Å². The molecule has 0 aliphatic carbocycles. The number of nitrogens with one attached hydrogen (secondary N) is 1. The highest BCUT2D eigenvalue weighted by molar-refractivity contribution is 5.89. The first-order chi connectivity index (χ1) is 11.3. The van der Waals surface area contributed by atoms with Crippen molar-refractivity contribution in [3.63, 3.8) is 0 Å². The van der Waals surface area contributed by atoms with Gasteiger partial charge in [-0.2, -0.15) is 0 Å². The van der Waals surface area contributed by atoms with Crippen molar-refractivity contribution in [2.75, 3.05) is 5.32 Å². The van der Waals surface area contributed by atoms with Crippen LogP contribution >= 0.6 is 0 Å². The lowest BCUT2D eigenvalue weighted by molar-refractivity contribution is -0.131. The molecule has 6 nitrogen and oxygen atoms in total. The Hall–Kier alpha value is -3.04. The van der Waals surface area contributed by atoms with E-state index in [9.17, 15) is 9.59 Å². The number of ether oxygens (including phenoxy) is 1. The second-order valence-corrected chi connectivity index (χ2v) is 5.53. The lowest BCUT2D eigenvalue weighted by Crippen LogP contribution is -2.45. The number of nitrogens with two attached hydrogens (primary N) is 1. The van der Waals surface area contributed by atoms with Crippen molar-refractivity contribution in [2.24, 2.45) is 5.84 Å². The van der Waals surface area contributed by atoms with Gasteiger partial charge in [-0.25, -0.2) is 5.84 Å². The van der Waals surface area contributed by atoms with Gasteiger partial charge in [-0.05, 0) is 31.2 Å². The van der Waals surface area contributed by atoms with Crippen LogP contribution in [0.15, 0.2) is 42.6 Å². The summed E-state index contributed by atoms with van der Waals surface area (Å²) >= 11 is 0. The number of carbonyl (C=O) groups is 2. The lowest BCUT2D eigenvalue weighted by atomic mass is 9.99. The zero-order valence-electron chi connectivity index (χ0n) is 13.8. The van der Waals surface area contributed by atoms with E-state index < -0.39 is 11.5 Å². The topological polar surface area (TPSA) is 84.7 Å². The predicted molar refractivity (Wildman–Crippen MR) is 91.6 cm³/mol. The summed E-state index contributed by atoms with van der Waals surface area (Å²) in [4.78, 5) is 22.4. The van der Waals surface area contributed by atoms with Crippen molar-refractivity contribution < 1.29 is 14.3 Å². The number of hydrogen-bond acceptors (Lipinski definition) is 5. The van der Waals surface area contributed by atoms with E-state index in [1.807, 2.05) is 25.2 Å². The fourth-order valence-electron chi connectivity index (χ4n) is 2.10. The molecular weight excluding hydrogens is 306 g/mol. The third-order valence-corrected chi connectivity index (χ3v) is 3.26. The van der Waals surface area contributed by atoms with Gasteiger partial charge in [0.1, 0.15) is 11.3 Å². The minimum absolute atomic E-state index is 0.227. The molecule has 2 rings (SSSR count). The average molecular weight is 325 g/mol. The molecule has 1 unspecified atom stereocenters. The van der Waals surface area contributed by atoms with Crippen LogP contribution < -0.4 is 15.9 Å². The van der Waals surface area contributed by atoms with Crippen molar-refractivity contribution in [2.45, 2.75) is 26.3 Å². The summed E-state index contributed by atoms with van der Waals surface area (Å²) in [6.07, 6.45) is 7.30. The molecule has 1 atom stereocenters. The SMILES string of the molecule is CC(=O)Nc1cc(C#CC2(C)C=CC=CN2N)cc(OC(C)=O)c1. The molecule has 1 aromatic carbocycles. The first-order valence-corrected chi connectivity index (χ1v) is 7.33. The second-order valence-electron chi connectivity index (χ2n) is 5.53. The maximum atomic E-state index is 11.3. The van der Waals surface area contributed by atoms with Gasteiger partial charge in [0.15, 0.2) is 0 Å². The van der Waals surface area contributed by atoms with Crippen molar-refractivity contribution in [3.8, 4) is 17.6 Å². The highest BCUT2D eigenvalue weighted by atomic mass is 16.5. The molecule has 6 heteroatoms. The van der Waals surface area contributed by atoms with Crippen molar-refractivity contribution in [3.05, 3.63) is 48.2 Å². The zero-order valence-corrected chi connectivity index (χ0v) is 13.8. The van der Waals surface area contributed by atoms with Gasteiger partial charge in [0, 0.05) is 37.4 Å². The first kappa shape index (κ1) is 17.3. The molecule has 0 saturated heterocycles. The molecule has 1 aromatic rings. The molecule has 0 spiro atoms. The van der Waals surface area contributed by atoms with Crippen LogP contribution in [0.2, 0.25) is 0 Å². The van der Waals surface area contributed by atoms with E-state index in [4.69, 9.17) is 10.6 Å². The first-order valence-electron chi connectivity index (χ1n) is 7.33. The Morgan fingerprint density at radius 3 is 2.62 bits per heavy atom. The molecule has 3 N–H and O–H groups in total. The quantitative estimate of drug-likeness (QED) is 0.376. The summed E-state index contributed by atoms with van der Waals surface area (Å²) in [6.45, 7) is 4.59. The number of rotatable bonds is 2. The summed E-state index contributed by atoms with van der Waals surface area (Å²) in [7, 11) is 0. The Bertz CT molecular complexity index is 752. The molecule has 0 radical (unpaired) electrons. The van der Waals surface area contributed by atoms with Gasteiger partial charge in [-0.15, -0.1) is 0 Å². The van der Waals surface area contributed by atoms with Crippen LogP contribution in [-0.2, 0) is 9.59 Å². The Labute approximate surface area is 140 Å². The number of amides is 1. The summed E-state index contributed by atoms with van der Waals surface area (Å²) in [5, 5.41) is 4.16. The molecule has 1 amide bonds. The van der Waals surface area contributed by atoms with Gasteiger partial charge in [-0.3, -0.25) is 14.6 Å². The van der Waals surface area contributed by atoms with Crippen LogP contribution in [0.25, 0.3) is 0 Å². The van der Waals surface area contributed by atoms with Gasteiger partial charge >= 0.3 is 5.97 Å². The summed E-state index contributed by atoms with van der Waals surface area (Å²) in [5.41, 5.74) is 0.440. The number of benzene rings is 1. The van der Waals surface area contributed by atoms with Crippen molar-refractivity contribution in [1.82, 2.24) is 5.01 Å². The number of hydrogen-bond donors (Lipinski definition) is 2. The number of esters is 1. The summed E-state index contributed by atoms with van der Waals surface area (Å²) in [6, 6.07) is 4.90. The molecular formula is C18H19N3O3. The standard InChI is InChI=1S/C18H19N3O3/c1-13(22)20-16-10-15(11-17(12-16)24-14(2)23)6-8-18(3)7-4-5-9-21(18)19/h4-5,7,9-12H,19H2,1-3H3,(H,20,22). The Kier molecular flexibility index (Phi) is 5.07. The third kappa shape index (κ3) is 4.48. The molecule has 1 aliphatic heterocycles. The van der Waals surface area contributed by atoms with Crippen LogP contribution in [0.3, 0.4) is 0 Å². The molecule has 0 bridgehead atoms. The minimum atomic E-state index is -0.652. The van der Waals surface area contributed by atoms with Crippen molar-refractivity contribution in [1.29, 1.82) is 0 Å². The Balaban J connectivity index is 2.37. The number of nitrogens with zero attached hydrogens (tertiary/aromatic N) is 1. The largest absolute Gasteiger partial charge is 0.427 e. The molecule has 0 fully saturated rings. The van der Waals surface area contributed by atoms with Gasteiger partial charge in [0.05, 0.1) is 0 Å². The molecule has 0 aromatic heterocycles. The smallest absolute Gasteiger partial charge is 0.308 e. The monoisotopic (exact) mass is 325 g/mol. The average Bonchev–Trinajstić information content (AvgIpc) is 2.47. The number of carbonyl (C=O) groups excluding carboxylic acids is 2. The van der Waals surface area contributed by atoms with E-state index in [-0.39, 0.29) is 5.91 Å². The fourth-order valence-corrected chi connectivity index (χ4v) is 2.10. The predicted octanol–water partition coefficient (Wildman–Crippen LogP) is 1.94.